The van der Waals surface area contributed by atoms with Crippen LogP contribution in [0.25, 0.3) is 0 Å². The van der Waals surface area contributed by atoms with Crippen LogP contribution in [0.5, 0.6) is 0 Å². The lowest BCUT2D eigenvalue weighted by Gasteiger charge is -2.35. The van der Waals surface area contributed by atoms with E-state index in [-0.39, 0.29) is 34.2 Å². The number of alkyl halides is 3. The number of primary amides is 2. The number of carbonyl (C=O) groups is 3. The van der Waals surface area contributed by atoms with Crippen LogP contribution in [0.2, 0.25) is 5.02 Å². The van der Waals surface area contributed by atoms with Crippen LogP contribution in [0, 0.1) is 0 Å². The molecule has 0 aliphatic carbocycles. The van der Waals surface area contributed by atoms with Crippen molar-refractivity contribution >= 4 is 40.8 Å². The Morgan fingerprint density at radius 2 is 1.58 bits per heavy atom. The molecule has 0 spiro atoms. The normalized spacial score (nSPS) is 14.7. The average Bonchev–Trinajstić information content (AvgIpc) is 2.73. The molecule has 176 valence electrons. The van der Waals surface area contributed by atoms with E-state index in [1.165, 1.54) is 18.2 Å². The van der Waals surface area contributed by atoms with E-state index in [1.807, 2.05) is 4.90 Å². The van der Waals surface area contributed by atoms with E-state index >= 15 is 0 Å². The van der Waals surface area contributed by atoms with Crippen LogP contribution in [0.15, 0.2) is 30.5 Å². The summed E-state index contributed by atoms with van der Waals surface area (Å²) in [6, 6.07) is 4.75. The Kier molecular flexibility index (Phi) is 7.08. The van der Waals surface area contributed by atoms with Crippen molar-refractivity contribution in [1.29, 1.82) is 0 Å². The molecule has 1 saturated heterocycles. The molecule has 1 aromatic carbocycles. The minimum Gasteiger partial charge on any atom is -0.366 e. The van der Waals surface area contributed by atoms with Crippen molar-refractivity contribution in [2.24, 2.45) is 11.5 Å². The molecule has 0 radical (unpaired) electrons. The van der Waals surface area contributed by atoms with Gasteiger partial charge in [-0.3, -0.25) is 19.3 Å². The highest BCUT2D eigenvalue weighted by atomic mass is 35.5. The van der Waals surface area contributed by atoms with Crippen LogP contribution in [-0.2, 0) is 11.0 Å². The number of amides is 3. The van der Waals surface area contributed by atoms with E-state index < -0.39 is 29.5 Å². The maximum absolute atomic E-state index is 12.8. The molecule has 3 amide bonds. The highest BCUT2D eigenvalue weighted by Gasteiger charge is 2.32. The van der Waals surface area contributed by atoms with Gasteiger partial charge in [0.25, 0.3) is 0 Å². The van der Waals surface area contributed by atoms with E-state index in [2.05, 4.69) is 10.3 Å². The summed E-state index contributed by atoms with van der Waals surface area (Å²) in [5.41, 5.74) is 9.81. The third-order valence-electron chi connectivity index (χ3n) is 4.97. The Morgan fingerprint density at radius 1 is 1.00 bits per heavy atom. The zero-order valence-corrected chi connectivity index (χ0v) is 17.9. The van der Waals surface area contributed by atoms with Gasteiger partial charge in [0.1, 0.15) is 5.82 Å². The van der Waals surface area contributed by atoms with E-state index in [1.54, 1.807) is 4.90 Å². The third-order valence-corrected chi connectivity index (χ3v) is 5.25. The van der Waals surface area contributed by atoms with Gasteiger partial charge in [-0.25, -0.2) is 4.98 Å². The summed E-state index contributed by atoms with van der Waals surface area (Å²) < 4.78 is 38.4. The molecule has 5 N–H and O–H groups in total. The predicted octanol–water partition coefficient (Wildman–Crippen LogP) is 1.71. The van der Waals surface area contributed by atoms with Gasteiger partial charge in [0.2, 0.25) is 17.7 Å². The topological polar surface area (TPSA) is 135 Å². The number of hydrogen-bond donors (Lipinski definition) is 3. The fourth-order valence-corrected chi connectivity index (χ4v) is 3.61. The molecule has 1 aliphatic heterocycles. The second-order valence-corrected chi connectivity index (χ2v) is 7.77. The number of benzene rings is 1. The van der Waals surface area contributed by atoms with Crippen LogP contribution in [0.3, 0.4) is 0 Å². The molecular formula is C20H20ClF3N6O3. The Labute approximate surface area is 191 Å². The number of halogens is 4. The van der Waals surface area contributed by atoms with Crippen molar-refractivity contribution in [2.45, 2.75) is 6.18 Å². The van der Waals surface area contributed by atoms with Gasteiger partial charge in [-0.1, -0.05) is 11.6 Å². The van der Waals surface area contributed by atoms with E-state index in [0.717, 1.165) is 12.3 Å². The molecule has 2 aromatic rings. The Hall–Kier alpha value is -3.38. The van der Waals surface area contributed by atoms with Crippen LogP contribution >= 0.6 is 11.6 Å². The average molecular weight is 485 g/mol. The fraction of sp³-hybridized carbons (Fsp3) is 0.300. The zero-order valence-electron chi connectivity index (χ0n) is 17.2. The number of carbonyl (C=O) groups excluding carboxylic acids is 3. The first-order valence-corrected chi connectivity index (χ1v) is 10.1. The van der Waals surface area contributed by atoms with Crippen molar-refractivity contribution in [3.63, 3.8) is 0 Å². The smallest absolute Gasteiger partial charge is 0.366 e. The highest BCUT2D eigenvalue weighted by molar-refractivity contribution is 6.33. The second-order valence-electron chi connectivity index (χ2n) is 7.37. The van der Waals surface area contributed by atoms with Gasteiger partial charge in [-0.2, -0.15) is 13.2 Å². The van der Waals surface area contributed by atoms with Gasteiger partial charge in [0.15, 0.2) is 0 Å². The molecule has 1 aliphatic rings. The van der Waals surface area contributed by atoms with E-state index in [0.29, 0.717) is 26.2 Å². The molecule has 1 fully saturated rings. The molecule has 0 saturated carbocycles. The van der Waals surface area contributed by atoms with Gasteiger partial charge < -0.3 is 21.7 Å². The molecule has 3 rings (SSSR count). The van der Waals surface area contributed by atoms with Crippen molar-refractivity contribution < 1.29 is 27.6 Å². The summed E-state index contributed by atoms with van der Waals surface area (Å²) in [6.45, 7) is 1.66. The number of anilines is 2. The predicted molar refractivity (Wildman–Crippen MR) is 115 cm³/mol. The molecule has 1 aromatic heterocycles. The largest absolute Gasteiger partial charge is 0.417 e. The van der Waals surface area contributed by atoms with Crippen molar-refractivity contribution in [2.75, 3.05) is 42.9 Å². The molecule has 0 atom stereocenters. The van der Waals surface area contributed by atoms with Crippen molar-refractivity contribution in [1.82, 2.24) is 9.88 Å². The minimum atomic E-state index is -4.53. The molecular weight excluding hydrogens is 465 g/mol. The number of hydrogen-bond acceptors (Lipinski definition) is 6. The lowest BCUT2D eigenvalue weighted by atomic mass is 10.1. The number of aromatic nitrogens is 1. The lowest BCUT2D eigenvalue weighted by molar-refractivity contribution is -0.137. The molecule has 0 unspecified atom stereocenters. The van der Waals surface area contributed by atoms with Crippen LogP contribution < -0.4 is 21.7 Å². The second kappa shape index (κ2) is 9.63. The number of rotatable bonds is 6. The highest BCUT2D eigenvalue weighted by Crippen LogP contribution is 2.33. The first-order chi connectivity index (χ1) is 15.4. The summed E-state index contributed by atoms with van der Waals surface area (Å²) >= 11 is 6.00. The third kappa shape index (κ3) is 6.11. The first kappa shape index (κ1) is 24.3. The van der Waals surface area contributed by atoms with Crippen LogP contribution in [0.1, 0.15) is 26.3 Å². The Bertz CT molecular complexity index is 1050. The summed E-state index contributed by atoms with van der Waals surface area (Å²) in [4.78, 5) is 42.8. The quantitative estimate of drug-likeness (QED) is 0.571. The number of nitrogens with zero attached hydrogens (tertiary/aromatic N) is 3. The molecule has 2 heterocycles. The maximum atomic E-state index is 12.8. The standard InChI is InChI=1S/C20H20ClF3N6O3/c21-15-8-13(20(22,23)24)9-27-19(15)30-3-1-29(2-4-30)10-16(31)28-14-6-11(17(25)32)5-12(7-14)18(26)33/h5-9H,1-4,10H2,(H2,25,32)(H2,26,33)(H,28,31). The SMILES string of the molecule is NC(=O)c1cc(NC(=O)CN2CCN(c3ncc(C(F)(F)F)cc3Cl)CC2)cc(C(N)=O)c1. The summed E-state index contributed by atoms with van der Waals surface area (Å²) in [5, 5.41) is 2.50. The molecule has 9 nitrogen and oxygen atoms in total. The van der Waals surface area contributed by atoms with E-state index in [4.69, 9.17) is 23.1 Å². The Morgan fingerprint density at radius 3 is 2.06 bits per heavy atom. The van der Waals surface area contributed by atoms with Crippen molar-refractivity contribution in [3.8, 4) is 0 Å². The molecule has 33 heavy (non-hydrogen) atoms. The first-order valence-electron chi connectivity index (χ1n) is 9.68. The molecule has 13 heteroatoms. The summed E-state index contributed by atoms with van der Waals surface area (Å²) in [5.74, 6) is -1.71. The zero-order chi connectivity index (χ0) is 24.3. The van der Waals surface area contributed by atoms with Gasteiger partial charge in [0.05, 0.1) is 17.1 Å². The fourth-order valence-electron chi connectivity index (χ4n) is 3.32. The summed E-state index contributed by atoms with van der Waals surface area (Å²) in [7, 11) is 0. The molecule has 0 bridgehead atoms. The van der Waals surface area contributed by atoms with Gasteiger partial charge >= 0.3 is 6.18 Å². The number of piperazine rings is 1. The minimum absolute atomic E-state index is 0.00865. The monoisotopic (exact) mass is 484 g/mol. The summed E-state index contributed by atoms with van der Waals surface area (Å²) in [6.07, 6.45) is -3.79. The van der Waals surface area contributed by atoms with Gasteiger partial charge in [0, 0.05) is 49.2 Å². The van der Waals surface area contributed by atoms with Gasteiger partial charge in [-0.15, -0.1) is 0 Å². The van der Waals surface area contributed by atoms with Crippen LogP contribution in [-0.4, -0.2) is 60.3 Å². The number of nitrogens with two attached hydrogens (primary N) is 2. The maximum Gasteiger partial charge on any atom is 0.417 e. The number of nitrogens with one attached hydrogen (secondary N) is 1. The Balaban J connectivity index is 1.59. The number of pyridine rings is 1. The van der Waals surface area contributed by atoms with Gasteiger partial charge in [-0.05, 0) is 24.3 Å². The van der Waals surface area contributed by atoms with Crippen molar-refractivity contribution in [3.05, 3.63) is 52.2 Å². The lowest BCUT2D eigenvalue weighted by Crippen LogP contribution is -2.49. The van der Waals surface area contributed by atoms with Crippen LogP contribution in [0.4, 0.5) is 24.7 Å². The van der Waals surface area contributed by atoms with E-state index in [9.17, 15) is 27.6 Å².